The molecule has 0 atom stereocenters. The molecule has 0 aliphatic carbocycles. The molecule has 0 amide bonds. The smallest absolute Gasteiger partial charge is 0.308 e. The fourth-order valence-electron chi connectivity index (χ4n) is 1.23. The molecule has 14 heavy (non-hydrogen) atoms. The maximum Gasteiger partial charge on any atom is 0.308 e. The van der Waals surface area contributed by atoms with E-state index in [2.05, 4.69) is 10.2 Å². The summed E-state index contributed by atoms with van der Waals surface area (Å²) in [6.07, 6.45) is 1.46. The molecule has 0 radical (unpaired) electrons. The van der Waals surface area contributed by atoms with E-state index in [4.69, 9.17) is 4.74 Å². The highest BCUT2D eigenvalue weighted by atomic mass is 19.1. The van der Waals surface area contributed by atoms with Crippen LogP contribution < -0.4 is 4.74 Å². The Morgan fingerprint density at radius 3 is 3.07 bits per heavy atom. The number of rotatable bonds is 1. The summed E-state index contributed by atoms with van der Waals surface area (Å²) in [4.78, 5) is 10.7. The fourth-order valence-corrected chi connectivity index (χ4v) is 1.23. The van der Waals surface area contributed by atoms with Crippen molar-refractivity contribution in [3.63, 3.8) is 0 Å². The number of nitrogens with zero attached hydrogens (tertiary/aromatic N) is 1. The largest absolute Gasteiger partial charge is 0.424 e. The van der Waals surface area contributed by atoms with Crippen LogP contribution in [0.5, 0.6) is 5.75 Å². The number of halogens is 1. The molecule has 72 valence electrons. The third-order valence-electron chi connectivity index (χ3n) is 1.73. The SMILES string of the molecule is CC(=O)Oc1cc(F)cc2cn[nH]c12. The molecule has 2 aromatic rings. The molecule has 0 saturated carbocycles. The van der Waals surface area contributed by atoms with Crippen molar-refractivity contribution in [1.29, 1.82) is 0 Å². The van der Waals surface area contributed by atoms with Crippen molar-refractivity contribution in [2.24, 2.45) is 0 Å². The topological polar surface area (TPSA) is 55.0 Å². The summed E-state index contributed by atoms with van der Waals surface area (Å²) in [5.41, 5.74) is 0.515. The average Bonchev–Trinajstić information content (AvgIpc) is 2.50. The first-order chi connectivity index (χ1) is 6.66. The Kier molecular flexibility index (Phi) is 1.92. The molecule has 1 aromatic carbocycles. The Balaban J connectivity index is 2.60. The lowest BCUT2D eigenvalue weighted by Crippen LogP contribution is -2.02. The van der Waals surface area contributed by atoms with Crippen LogP contribution in [0.4, 0.5) is 4.39 Å². The van der Waals surface area contributed by atoms with E-state index >= 15 is 0 Å². The van der Waals surface area contributed by atoms with Gasteiger partial charge in [-0.05, 0) is 6.07 Å². The number of hydrogen-bond acceptors (Lipinski definition) is 3. The van der Waals surface area contributed by atoms with Crippen LogP contribution >= 0.6 is 0 Å². The van der Waals surface area contributed by atoms with Crippen molar-refractivity contribution in [1.82, 2.24) is 10.2 Å². The van der Waals surface area contributed by atoms with Gasteiger partial charge < -0.3 is 4.74 Å². The first kappa shape index (κ1) is 8.68. The van der Waals surface area contributed by atoms with Crippen molar-refractivity contribution in [2.75, 3.05) is 0 Å². The van der Waals surface area contributed by atoms with Crippen molar-refractivity contribution in [3.8, 4) is 5.75 Å². The van der Waals surface area contributed by atoms with E-state index in [9.17, 15) is 9.18 Å². The van der Waals surface area contributed by atoms with Crippen LogP contribution in [0.25, 0.3) is 10.9 Å². The molecule has 0 bridgehead atoms. The van der Waals surface area contributed by atoms with Gasteiger partial charge in [-0.3, -0.25) is 9.89 Å². The molecule has 0 aliphatic heterocycles. The van der Waals surface area contributed by atoms with E-state index in [0.717, 1.165) is 6.07 Å². The number of fused-ring (bicyclic) bond motifs is 1. The maximum atomic E-state index is 13.0. The third kappa shape index (κ3) is 1.44. The lowest BCUT2D eigenvalue weighted by Gasteiger charge is -2.01. The minimum absolute atomic E-state index is 0.157. The molecule has 1 N–H and O–H groups in total. The number of hydrogen-bond donors (Lipinski definition) is 1. The van der Waals surface area contributed by atoms with Crippen LogP contribution in [0.3, 0.4) is 0 Å². The first-order valence-corrected chi connectivity index (χ1v) is 3.98. The highest BCUT2D eigenvalue weighted by molar-refractivity contribution is 5.86. The van der Waals surface area contributed by atoms with E-state index in [1.54, 1.807) is 0 Å². The second kappa shape index (κ2) is 3.10. The van der Waals surface area contributed by atoms with Gasteiger partial charge in [-0.2, -0.15) is 5.10 Å². The van der Waals surface area contributed by atoms with Gasteiger partial charge >= 0.3 is 5.97 Å². The number of aromatic amines is 1. The van der Waals surface area contributed by atoms with E-state index < -0.39 is 11.8 Å². The highest BCUT2D eigenvalue weighted by Crippen LogP contribution is 2.24. The molecule has 0 spiro atoms. The maximum absolute atomic E-state index is 13.0. The molecular weight excluding hydrogens is 187 g/mol. The minimum atomic E-state index is -0.494. The molecule has 1 heterocycles. The lowest BCUT2D eigenvalue weighted by molar-refractivity contribution is -0.131. The van der Waals surface area contributed by atoms with Crippen molar-refractivity contribution in [3.05, 3.63) is 24.1 Å². The summed E-state index contributed by atoms with van der Waals surface area (Å²) in [5.74, 6) is -0.799. The van der Waals surface area contributed by atoms with Crippen LogP contribution in [0.2, 0.25) is 0 Å². The Bertz CT molecular complexity index is 493. The van der Waals surface area contributed by atoms with Gasteiger partial charge in [0.25, 0.3) is 0 Å². The number of esters is 1. The second-order valence-corrected chi connectivity index (χ2v) is 2.83. The zero-order valence-corrected chi connectivity index (χ0v) is 7.37. The first-order valence-electron chi connectivity index (χ1n) is 3.98. The zero-order chi connectivity index (χ0) is 10.1. The Morgan fingerprint density at radius 1 is 1.57 bits per heavy atom. The molecule has 4 nitrogen and oxygen atoms in total. The predicted molar refractivity (Wildman–Crippen MR) is 47.4 cm³/mol. The molecule has 0 saturated heterocycles. The molecule has 0 fully saturated rings. The van der Waals surface area contributed by atoms with Crippen molar-refractivity contribution < 1.29 is 13.9 Å². The Hall–Kier alpha value is -1.91. The van der Waals surface area contributed by atoms with Crippen LogP contribution in [-0.2, 0) is 4.79 Å². The van der Waals surface area contributed by atoms with Gasteiger partial charge in [-0.1, -0.05) is 0 Å². The average molecular weight is 194 g/mol. The zero-order valence-electron chi connectivity index (χ0n) is 7.37. The van der Waals surface area contributed by atoms with Gasteiger partial charge in [-0.25, -0.2) is 4.39 Å². The fraction of sp³-hybridized carbons (Fsp3) is 0.111. The predicted octanol–water partition coefficient (Wildman–Crippen LogP) is 1.63. The summed E-state index contributed by atoms with van der Waals surface area (Å²) in [6, 6.07) is 2.45. The molecule has 5 heteroatoms. The third-order valence-corrected chi connectivity index (χ3v) is 1.73. The van der Waals surface area contributed by atoms with Crippen LogP contribution in [0.15, 0.2) is 18.3 Å². The quantitative estimate of drug-likeness (QED) is 0.554. The normalized spacial score (nSPS) is 10.4. The number of H-pyrrole nitrogens is 1. The number of carbonyl (C=O) groups is 1. The summed E-state index contributed by atoms with van der Waals surface area (Å²) in [5, 5.41) is 6.92. The van der Waals surface area contributed by atoms with Crippen LogP contribution in [0.1, 0.15) is 6.92 Å². The van der Waals surface area contributed by atoms with Crippen molar-refractivity contribution >= 4 is 16.9 Å². The Labute approximate surface area is 78.7 Å². The van der Waals surface area contributed by atoms with Gasteiger partial charge in [0.2, 0.25) is 0 Å². The number of aromatic nitrogens is 2. The molecule has 0 unspecified atom stereocenters. The number of nitrogens with one attached hydrogen (secondary N) is 1. The minimum Gasteiger partial charge on any atom is -0.424 e. The second-order valence-electron chi connectivity index (χ2n) is 2.83. The van der Waals surface area contributed by atoms with Crippen LogP contribution in [0, 0.1) is 5.82 Å². The lowest BCUT2D eigenvalue weighted by atomic mass is 10.2. The molecule has 0 aliphatic rings. The van der Waals surface area contributed by atoms with E-state index in [1.807, 2.05) is 0 Å². The summed E-state index contributed by atoms with van der Waals surface area (Å²) < 4.78 is 17.8. The summed E-state index contributed by atoms with van der Waals surface area (Å²) >= 11 is 0. The number of carbonyl (C=O) groups excluding carboxylic acids is 1. The van der Waals surface area contributed by atoms with Gasteiger partial charge in [0, 0.05) is 18.4 Å². The standard InChI is InChI=1S/C9H7FN2O2/c1-5(13)14-8-3-7(10)2-6-4-11-12-9(6)8/h2-4H,1H3,(H,11,12). The monoisotopic (exact) mass is 194 g/mol. The molecule has 2 rings (SSSR count). The van der Waals surface area contributed by atoms with Gasteiger partial charge in [0.1, 0.15) is 11.3 Å². The Morgan fingerprint density at radius 2 is 2.36 bits per heavy atom. The van der Waals surface area contributed by atoms with Gasteiger partial charge in [0.15, 0.2) is 5.75 Å². The molecule has 1 aromatic heterocycles. The highest BCUT2D eigenvalue weighted by Gasteiger charge is 2.08. The summed E-state index contributed by atoms with van der Waals surface area (Å²) in [7, 11) is 0. The van der Waals surface area contributed by atoms with Crippen molar-refractivity contribution in [2.45, 2.75) is 6.92 Å². The van der Waals surface area contributed by atoms with Gasteiger partial charge in [-0.15, -0.1) is 0 Å². The van der Waals surface area contributed by atoms with E-state index in [1.165, 1.54) is 19.2 Å². The number of benzene rings is 1. The van der Waals surface area contributed by atoms with Crippen LogP contribution in [-0.4, -0.2) is 16.2 Å². The van der Waals surface area contributed by atoms with E-state index in [0.29, 0.717) is 10.9 Å². The van der Waals surface area contributed by atoms with Gasteiger partial charge in [0.05, 0.1) is 6.20 Å². The summed E-state index contributed by atoms with van der Waals surface area (Å²) in [6.45, 7) is 1.26. The number of ether oxygens (including phenoxy) is 1. The van der Waals surface area contributed by atoms with E-state index in [-0.39, 0.29) is 5.75 Å². The molecular formula is C9H7FN2O2.